The van der Waals surface area contributed by atoms with Crippen LogP contribution in [-0.4, -0.2) is 17.9 Å². The molecule has 0 heterocycles. The van der Waals surface area contributed by atoms with E-state index in [0.29, 0.717) is 11.3 Å². The van der Waals surface area contributed by atoms with Crippen LogP contribution in [0.4, 0.5) is 10.1 Å². The van der Waals surface area contributed by atoms with E-state index < -0.39 is 23.7 Å². The molecule has 0 radical (unpaired) electrons. The summed E-state index contributed by atoms with van der Waals surface area (Å²) in [5.74, 6) is -1.51. The Bertz CT molecular complexity index is 686. The number of hydrogen-bond donors (Lipinski definition) is 2. The largest absolute Gasteiger partial charge is 0.478 e. The van der Waals surface area contributed by atoms with Gasteiger partial charge in [0.2, 0.25) is 5.91 Å². The number of hydrogen-bond acceptors (Lipinski definition) is 3. The molecular formula is C16H15FN2O3. The zero-order chi connectivity index (χ0) is 16.1. The van der Waals surface area contributed by atoms with Crippen molar-refractivity contribution < 1.29 is 18.7 Å². The Morgan fingerprint density at radius 3 is 2.36 bits per heavy atom. The first-order valence-corrected chi connectivity index (χ1v) is 6.59. The normalized spacial score (nSPS) is 11.5. The molecule has 2 amide bonds. The second-order valence-corrected chi connectivity index (χ2v) is 4.62. The predicted molar refractivity (Wildman–Crippen MR) is 80.1 cm³/mol. The molecular weight excluding hydrogens is 287 g/mol. The van der Waals surface area contributed by atoms with Crippen molar-refractivity contribution in [1.29, 1.82) is 0 Å². The average molecular weight is 302 g/mol. The number of nitrogens with one attached hydrogen (secondary N) is 1. The van der Waals surface area contributed by atoms with Crippen molar-refractivity contribution in [2.24, 2.45) is 5.73 Å². The van der Waals surface area contributed by atoms with E-state index in [1.165, 1.54) is 37.3 Å². The highest BCUT2D eigenvalue weighted by molar-refractivity contribution is 5.96. The van der Waals surface area contributed by atoms with Crippen LogP contribution >= 0.6 is 0 Å². The topological polar surface area (TPSA) is 81.4 Å². The van der Waals surface area contributed by atoms with Crippen molar-refractivity contribution in [3.05, 3.63) is 59.9 Å². The minimum atomic E-state index is -0.882. The fourth-order valence-corrected chi connectivity index (χ4v) is 1.75. The summed E-state index contributed by atoms with van der Waals surface area (Å²) < 4.78 is 18.7. The van der Waals surface area contributed by atoms with Gasteiger partial charge in [0.15, 0.2) is 17.7 Å². The molecule has 0 aromatic heterocycles. The number of para-hydroxylation sites is 1. The van der Waals surface area contributed by atoms with Crippen molar-refractivity contribution >= 4 is 17.5 Å². The summed E-state index contributed by atoms with van der Waals surface area (Å²) in [6.45, 7) is 1.51. The SMILES string of the molecule is CC(Oc1ccccc1F)C(=O)Nc1ccc(C(N)=O)cc1. The fourth-order valence-electron chi connectivity index (χ4n) is 1.75. The van der Waals surface area contributed by atoms with Gasteiger partial charge in [-0.25, -0.2) is 4.39 Å². The number of primary amides is 1. The lowest BCUT2D eigenvalue weighted by Gasteiger charge is -2.15. The van der Waals surface area contributed by atoms with Crippen LogP contribution in [0.25, 0.3) is 0 Å². The maximum absolute atomic E-state index is 13.5. The fraction of sp³-hybridized carbons (Fsp3) is 0.125. The van der Waals surface area contributed by atoms with Gasteiger partial charge in [-0.05, 0) is 43.3 Å². The van der Waals surface area contributed by atoms with Crippen molar-refractivity contribution in [3.63, 3.8) is 0 Å². The highest BCUT2D eigenvalue weighted by Crippen LogP contribution is 2.18. The van der Waals surface area contributed by atoms with Gasteiger partial charge < -0.3 is 15.8 Å². The number of rotatable bonds is 5. The lowest BCUT2D eigenvalue weighted by molar-refractivity contribution is -0.122. The van der Waals surface area contributed by atoms with E-state index in [9.17, 15) is 14.0 Å². The molecule has 0 aliphatic carbocycles. The number of carbonyl (C=O) groups excluding carboxylic acids is 2. The molecule has 0 aliphatic heterocycles. The third-order valence-corrected chi connectivity index (χ3v) is 2.95. The molecule has 5 nitrogen and oxygen atoms in total. The molecule has 0 aliphatic rings. The van der Waals surface area contributed by atoms with E-state index in [0.717, 1.165) is 0 Å². The van der Waals surface area contributed by atoms with Gasteiger partial charge in [0.25, 0.3) is 5.91 Å². The molecule has 0 saturated heterocycles. The second-order valence-electron chi connectivity index (χ2n) is 4.62. The lowest BCUT2D eigenvalue weighted by atomic mass is 10.2. The zero-order valence-electron chi connectivity index (χ0n) is 11.9. The van der Waals surface area contributed by atoms with Crippen LogP contribution in [0.2, 0.25) is 0 Å². The van der Waals surface area contributed by atoms with E-state index in [2.05, 4.69) is 5.32 Å². The number of carbonyl (C=O) groups is 2. The van der Waals surface area contributed by atoms with E-state index in [-0.39, 0.29) is 5.75 Å². The summed E-state index contributed by atoms with van der Waals surface area (Å²) in [7, 11) is 0. The zero-order valence-corrected chi connectivity index (χ0v) is 11.9. The summed E-state index contributed by atoms with van der Waals surface area (Å²) in [5, 5.41) is 2.61. The lowest BCUT2D eigenvalue weighted by Crippen LogP contribution is -2.30. The van der Waals surface area contributed by atoms with Crippen molar-refractivity contribution in [2.45, 2.75) is 13.0 Å². The summed E-state index contributed by atoms with van der Waals surface area (Å²) >= 11 is 0. The van der Waals surface area contributed by atoms with E-state index in [1.807, 2.05) is 0 Å². The first kappa shape index (κ1) is 15.5. The summed E-state index contributed by atoms with van der Waals surface area (Å²) in [4.78, 5) is 23.0. The monoisotopic (exact) mass is 302 g/mol. The molecule has 0 spiro atoms. The number of benzene rings is 2. The Kier molecular flexibility index (Phi) is 4.73. The first-order chi connectivity index (χ1) is 10.5. The Hall–Kier alpha value is -2.89. The maximum Gasteiger partial charge on any atom is 0.265 e. The first-order valence-electron chi connectivity index (χ1n) is 6.59. The van der Waals surface area contributed by atoms with Crippen LogP contribution in [-0.2, 0) is 4.79 Å². The molecule has 0 saturated carbocycles. The molecule has 1 unspecified atom stereocenters. The van der Waals surface area contributed by atoms with Crippen LogP contribution in [0, 0.1) is 5.82 Å². The van der Waals surface area contributed by atoms with Crippen molar-refractivity contribution in [3.8, 4) is 5.75 Å². The van der Waals surface area contributed by atoms with Gasteiger partial charge in [0.1, 0.15) is 0 Å². The van der Waals surface area contributed by atoms with Crippen LogP contribution in [0.1, 0.15) is 17.3 Å². The third kappa shape index (κ3) is 3.82. The molecule has 114 valence electrons. The standard InChI is InChI=1S/C16H15FN2O3/c1-10(22-14-5-3-2-4-13(14)17)16(21)19-12-8-6-11(7-9-12)15(18)20/h2-10H,1H3,(H2,18,20)(H,19,21). The maximum atomic E-state index is 13.5. The average Bonchev–Trinajstić information content (AvgIpc) is 2.50. The van der Waals surface area contributed by atoms with Crippen LogP contribution in [0.3, 0.4) is 0 Å². The second kappa shape index (κ2) is 6.71. The molecule has 2 aromatic rings. The third-order valence-electron chi connectivity index (χ3n) is 2.95. The summed E-state index contributed by atoms with van der Waals surface area (Å²) in [6, 6.07) is 11.9. The van der Waals surface area contributed by atoms with E-state index in [4.69, 9.17) is 10.5 Å². The highest BCUT2D eigenvalue weighted by atomic mass is 19.1. The Morgan fingerprint density at radius 2 is 1.77 bits per heavy atom. The van der Waals surface area contributed by atoms with Crippen molar-refractivity contribution in [2.75, 3.05) is 5.32 Å². The number of nitrogens with two attached hydrogens (primary N) is 1. The molecule has 0 fully saturated rings. The molecule has 22 heavy (non-hydrogen) atoms. The van der Waals surface area contributed by atoms with Gasteiger partial charge in [-0.1, -0.05) is 12.1 Å². The molecule has 3 N–H and O–H groups in total. The number of amides is 2. The van der Waals surface area contributed by atoms with Gasteiger partial charge in [0.05, 0.1) is 0 Å². The number of ether oxygens (including phenoxy) is 1. The molecule has 1 atom stereocenters. The van der Waals surface area contributed by atoms with Gasteiger partial charge in [-0.2, -0.15) is 0 Å². The van der Waals surface area contributed by atoms with E-state index >= 15 is 0 Å². The number of anilines is 1. The van der Waals surface area contributed by atoms with Crippen LogP contribution in [0.15, 0.2) is 48.5 Å². The van der Waals surface area contributed by atoms with Crippen LogP contribution in [0.5, 0.6) is 5.75 Å². The Balaban J connectivity index is 1.99. The Labute approximate surface area is 126 Å². The minimum Gasteiger partial charge on any atom is -0.478 e. The number of halogens is 1. The van der Waals surface area contributed by atoms with Gasteiger partial charge in [-0.15, -0.1) is 0 Å². The predicted octanol–water partition coefficient (Wildman–Crippen LogP) is 2.33. The van der Waals surface area contributed by atoms with Gasteiger partial charge in [0, 0.05) is 11.3 Å². The highest BCUT2D eigenvalue weighted by Gasteiger charge is 2.16. The van der Waals surface area contributed by atoms with Gasteiger partial charge in [-0.3, -0.25) is 9.59 Å². The summed E-state index contributed by atoms with van der Waals surface area (Å²) in [5.41, 5.74) is 5.96. The smallest absolute Gasteiger partial charge is 0.265 e. The Morgan fingerprint density at radius 1 is 1.14 bits per heavy atom. The van der Waals surface area contributed by atoms with Crippen molar-refractivity contribution in [1.82, 2.24) is 0 Å². The molecule has 2 aromatic carbocycles. The van der Waals surface area contributed by atoms with E-state index in [1.54, 1.807) is 18.2 Å². The van der Waals surface area contributed by atoms with Crippen LogP contribution < -0.4 is 15.8 Å². The molecule has 6 heteroatoms. The molecule has 2 rings (SSSR count). The minimum absolute atomic E-state index is 0.00854. The van der Waals surface area contributed by atoms with Gasteiger partial charge >= 0.3 is 0 Å². The molecule has 0 bridgehead atoms. The quantitative estimate of drug-likeness (QED) is 0.889. The summed E-state index contributed by atoms with van der Waals surface area (Å²) in [6.07, 6.45) is -0.882.